The van der Waals surface area contributed by atoms with Crippen LogP contribution < -0.4 is 10.6 Å². The van der Waals surface area contributed by atoms with Crippen molar-refractivity contribution in [3.8, 4) is 11.4 Å². The van der Waals surface area contributed by atoms with Crippen molar-refractivity contribution in [1.29, 1.82) is 0 Å². The second kappa shape index (κ2) is 7.81. The molecule has 1 aliphatic heterocycles. The number of amides is 1. The van der Waals surface area contributed by atoms with E-state index in [1.54, 1.807) is 37.1 Å². The first-order valence-corrected chi connectivity index (χ1v) is 10.4. The Morgan fingerprint density at radius 2 is 2.09 bits per heavy atom. The zero-order valence-electron chi connectivity index (χ0n) is 17.6. The Kier molecular flexibility index (Phi) is 4.95. The van der Waals surface area contributed by atoms with Crippen LogP contribution in [0.3, 0.4) is 0 Å². The summed E-state index contributed by atoms with van der Waals surface area (Å²) in [6, 6.07) is 2.65. The molecule has 0 unspecified atom stereocenters. The van der Waals surface area contributed by atoms with Crippen LogP contribution in [0.5, 0.6) is 0 Å². The zero-order chi connectivity index (χ0) is 22.4. The van der Waals surface area contributed by atoms with E-state index in [9.17, 15) is 13.6 Å². The number of fused-ring (bicyclic) bond motifs is 3. The molecular weight excluding hydrogens is 418 g/mol. The molecule has 32 heavy (non-hydrogen) atoms. The number of carbonyl (C=O) groups is 1. The number of aryl methyl sites for hydroxylation is 2. The van der Waals surface area contributed by atoms with E-state index in [0.29, 0.717) is 41.0 Å². The van der Waals surface area contributed by atoms with Crippen molar-refractivity contribution in [3.05, 3.63) is 35.7 Å². The maximum atomic E-state index is 13.9. The average molecular weight is 440 g/mol. The predicted octanol–water partition coefficient (Wildman–Crippen LogP) is 3.00. The Morgan fingerprint density at radius 3 is 2.84 bits per heavy atom. The predicted molar refractivity (Wildman–Crippen MR) is 114 cm³/mol. The van der Waals surface area contributed by atoms with Crippen LogP contribution in [0, 0.1) is 6.92 Å². The molecular formula is C21H22F2N8O. The van der Waals surface area contributed by atoms with E-state index in [1.807, 2.05) is 0 Å². The molecule has 1 amide bonds. The summed E-state index contributed by atoms with van der Waals surface area (Å²) in [5.74, 6) is 0.437. The van der Waals surface area contributed by atoms with E-state index in [1.165, 1.54) is 10.6 Å². The number of nitrogens with zero attached hydrogens (tertiary/aromatic N) is 6. The zero-order valence-corrected chi connectivity index (χ0v) is 17.6. The second-order valence-electron chi connectivity index (χ2n) is 8.04. The highest BCUT2D eigenvalue weighted by molar-refractivity contribution is 5.96. The summed E-state index contributed by atoms with van der Waals surface area (Å²) in [6.07, 6.45) is 3.04. The van der Waals surface area contributed by atoms with Gasteiger partial charge in [-0.3, -0.25) is 9.48 Å². The standard InChI is InChI=1S/C21H22F2N8O/c1-11-7-13(17(22)23)16-14(8-11)19-28-18(12-9-25-30(2)10-12)29-31(19)21(27-16)26-15-5-3-4-6-24-20(15)32/h7-10,15,17H,3-6H2,1-2H3,(H,24,32)(H,26,27)/t15-/m1/s1. The smallest absolute Gasteiger partial charge is 0.265 e. The molecule has 1 aromatic carbocycles. The summed E-state index contributed by atoms with van der Waals surface area (Å²) in [4.78, 5) is 21.6. The van der Waals surface area contributed by atoms with Gasteiger partial charge in [0.15, 0.2) is 11.5 Å². The molecule has 0 radical (unpaired) electrons. The fourth-order valence-corrected chi connectivity index (χ4v) is 4.04. The lowest BCUT2D eigenvalue weighted by Gasteiger charge is -2.17. The van der Waals surface area contributed by atoms with Gasteiger partial charge >= 0.3 is 0 Å². The van der Waals surface area contributed by atoms with Crippen LogP contribution in [-0.4, -0.2) is 47.9 Å². The Labute approximate surface area is 181 Å². The lowest BCUT2D eigenvalue weighted by Crippen LogP contribution is -2.38. The number of nitrogens with one attached hydrogen (secondary N) is 2. The SMILES string of the molecule is Cc1cc(C(F)F)c2nc(N[C@@H]3CCCCNC3=O)n3nc(-c4cnn(C)c4)nc3c2c1. The minimum Gasteiger partial charge on any atom is -0.354 e. The van der Waals surface area contributed by atoms with Gasteiger partial charge in [-0.2, -0.15) is 9.61 Å². The van der Waals surface area contributed by atoms with Gasteiger partial charge < -0.3 is 10.6 Å². The van der Waals surface area contributed by atoms with E-state index in [4.69, 9.17) is 0 Å². The van der Waals surface area contributed by atoms with Crippen LogP contribution in [0.1, 0.15) is 36.8 Å². The molecule has 5 rings (SSSR count). The molecule has 1 saturated heterocycles. The number of hydrogen-bond donors (Lipinski definition) is 2. The monoisotopic (exact) mass is 440 g/mol. The van der Waals surface area contributed by atoms with Crippen LogP contribution >= 0.6 is 0 Å². The number of aromatic nitrogens is 6. The van der Waals surface area contributed by atoms with Crippen molar-refractivity contribution in [3.63, 3.8) is 0 Å². The molecule has 166 valence electrons. The topological polar surface area (TPSA) is 102 Å². The number of benzene rings is 1. The highest BCUT2D eigenvalue weighted by Crippen LogP contribution is 2.32. The minimum absolute atomic E-state index is 0.139. The molecule has 11 heteroatoms. The molecule has 0 aliphatic carbocycles. The van der Waals surface area contributed by atoms with Crippen molar-refractivity contribution < 1.29 is 13.6 Å². The number of hydrogen-bond acceptors (Lipinski definition) is 6. The first kappa shape index (κ1) is 20.3. The lowest BCUT2D eigenvalue weighted by molar-refractivity contribution is -0.121. The summed E-state index contributed by atoms with van der Waals surface area (Å²) in [6.45, 7) is 2.36. The molecule has 1 fully saturated rings. The fraction of sp³-hybridized carbons (Fsp3) is 0.381. The van der Waals surface area contributed by atoms with Gasteiger partial charge in [0.05, 0.1) is 17.3 Å². The second-order valence-corrected chi connectivity index (χ2v) is 8.04. The van der Waals surface area contributed by atoms with Gasteiger partial charge in [0.2, 0.25) is 11.9 Å². The third-order valence-corrected chi connectivity index (χ3v) is 5.59. The largest absolute Gasteiger partial charge is 0.354 e. The lowest BCUT2D eigenvalue weighted by atomic mass is 10.1. The summed E-state index contributed by atoms with van der Waals surface area (Å²) >= 11 is 0. The van der Waals surface area contributed by atoms with Gasteiger partial charge in [-0.25, -0.2) is 18.7 Å². The number of halogens is 2. The first-order chi connectivity index (χ1) is 15.4. The van der Waals surface area contributed by atoms with Crippen molar-refractivity contribution in [2.45, 2.75) is 38.7 Å². The minimum atomic E-state index is -2.71. The number of rotatable bonds is 4. The molecule has 3 aromatic heterocycles. The van der Waals surface area contributed by atoms with Gasteiger partial charge in [-0.1, -0.05) is 0 Å². The molecule has 0 bridgehead atoms. The van der Waals surface area contributed by atoms with Gasteiger partial charge in [0.1, 0.15) is 6.04 Å². The summed E-state index contributed by atoms with van der Waals surface area (Å²) < 4.78 is 30.9. The molecule has 4 heterocycles. The average Bonchev–Trinajstić information content (AvgIpc) is 3.33. The summed E-state index contributed by atoms with van der Waals surface area (Å²) in [5.41, 5.74) is 1.70. The van der Waals surface area contributed by atoms with Crippen molar-refractivity contribution >= 4 is 28.4 Å². The third-order valence-electron chi connectivity index (χ3n) is 5.59. The van der Waals surface area contributed by atoms with Gasteiger partial charge in [-0.15, -0.1) is 5.10 Å². The van der Waals surface area contributed by atoms with Crippen molar-refractivity contribution in [1.82, 2.24) is 34.7 Å². The van der Waals surface area contributed by atoms with Gasteiger partial charge in [0, 0.05) is 30.7 Å². The van der Waals surface area contributed by atoms with Crippen LogP contribution in [0.2, 0.25) is 0 Å². The highest BCUT2D eigenvalue weighted by atomic mass is 19.3. The van der Waals surface area contributed by atoms with E-state index < -0.39 is 12.5 Å². The summed E-state index contributed by atoms with van der Waals surface area (Å²) in [5, 5.41) is 15.2. The Hall–Kier alpha value is -3.63. The van der Waals surface area contributed by atoms with Crippen LogP contribution in [0.15, 0.2) is 24.5 Å². The normalized spacial score (nSPS) is 17.2. The first-order valence-electron chi connectivity index (χ1n) is 10.4. The molecule has 9 nitrogen and oxygen atoms in total. The highest BCUT2D eigenvalue weighted by Gasteiger charge is 2.25. The van der Waals surface area contributed by atoms with Crippen molar-refractivity contribution in [2.75, 3.05) is 11.9 Å². The van der Waals surface area contributed by atoms with E-state index in [0.717, 1.165) is 12.8 Å². The maximum absolute atomic E-state index is 13.9. The number of alkyl halides is 2. The molecule has 0 spiro atoms. The maximum Gasteiger partial charge on any atom is 0.265 e. The van der Waals surface area contributed by atoms with Crippen LogP contribution in [0.4, 0.5) is 14.7 Å². The molecule has 1 aliphatic rings. The molecule has 4 aromatic rings. The Morgan fingerprint density at radius 1 is 1.25 bits per heavy atom. The van der Waals surface area contributed by atoms with Crippen molar-refractivity contribution in [2.24, 2.45) is 7.05 Å². The Balaban J connectivity index is 1.74. The quantitative estimate of drug-likeness (QED) is 0.506. The third kappa shape index (κ3) is 3.53. The van der Waals surface area contributed by atoms with Crippen LogP contribution in [-0.2, 0) is 11.8 Å². The molecule has 2 N–H and O–H groups in total. The summed E-state index contributed by atoms with van der Waals surface area (Å²) in [7, 11) is 1.78. The molecule has 1 atom stereocenters. The van der Waals surface area contributed by atoms with Crippen LogP contribution in [0.25, 0.3) is 27.9 Å². The number of carbonyl (C=O) groups excluding carboxylic acids is 1. The van der Waals surface area contributed by atoms with Gasteiger partial charge in [0.25, 0.3) is 6.43 Å². The number of anilines is 1. The van der Waals surface area contributed by atoms with E-state index in [2.05, 4.69) is 30.8 Å². The fourth-order valence-electron chi connectivity index (χ4n) is 4.04. The van der Waals surface area contributed by atoms with E-state index >= 15 is 0 Å². The van der Waals surface area contributed by atoms with E-state index in [-0.39, 0.29) is 22.9 Å². The van der Waals surface area contributed by atoms with Gasteiger partial charge in [-0.05, 0) is 43.9 Å². The molecule has 0 saturated carbocycles. The Bertz CT molecular complexity index is 1330.